The van der Waals surface area contributed by atoms with Gasteiger partial charge in [-0.2, -0.15) is 0 Å². The SMILES string of the molecule is CN(C)CC1CCCN1CC(=O)c1ccc2c(c1)CCC2. The van der Waals surface area contributed by atoms with Gasteiger partial charge < -0.3 is 4.90 Å². The van der Waals surface area contributed by atoms with Crippen molar-refractivity contribution in [2.24, 2.45) is 0 Å². The summed E-state index contributed by atoms with van der Waals surface area (Å²) in [7, 11) is 4.22. The van der Waals surface area contributed by atoms with Gasteiger partial charge in [0.1, 0.15) is 0 Å². The number of aryl methyl sites for hydroxylation is 2. The second kappa shape index (κ2) is 6.29. The van der Waals surface area contributed by atoms with Crippen LogP contribution in [0.3, 0.4) is 0 Å². The van der Waals surface area contributed by atoms with Crippen molar-refractivity contribution in [1.82, 2.24) is 9.80 Å². The van der Waals surface area contributed by atoms with Crippen molar-refractivity contribution in [1.29, 1.82) is 0 Å². The van der Waals surface area contributed by atoms with Crippen LogP contribution in [0.2, 0.25) is 0 Å². The van der Waals surface area contributed by atoms with Crippen molar-refractivity contribution >= 4 is 5.78 Å². The van der Waals surface area contributed by atoms with Crippen LogP contribution in [0, 0.1) is 0 Å². The van der Waals surface area contributed by atoms with E-state index in [4.69, 9.17) is 0 Å². The molecule has 1 aromatic carbocycles. The predicted octanol–water partition coefficient (Wildman–Crippen LogP) is 2.38. The summed E-state index contributed by atoms with van der Waals surface area (Å²) >= 11 is 0. The highest BCUT2D eigenvalue weighted by molar-refractivity contribution is 5.98. The van der Waals surface area contributed by atoms with E-state index in [1.807, 2.05) is 6.07 Å². The molecule has 0 bridgehead atoms. The highest BCUT2D eigenvalue weighted by Gasteiger charge is 2.27. The molecule has 1 aromatic rings. The number of likely N-dealkylation sites (N-methyl/N-ethyl adjacent to an activating group) is 1. The van der Waals surface area contributed by atoms with Crippen LogP contribution in [0.25, 0.3) is 0 Å². The monoisotopic (exact) mass is 286 g/mol. The second-order valence-electron chi connectivity index (χ2n) is 6.79. The fraction of sp³-hybridized carbons (Fsp3) is 0.611. The Bertz CT molecular complexity index is 524. The Morgan fingerprint density at radius 1 is 1.24 bits per heavy atom. The van der Waals surface area contributed by atoms with E-state index in [9.17, 15) is 4.79 Å². The number of ketones is 1. The van der Waals surface area contributed by atoms with Gasteiger partial charge in [-0.15, -0.1) is 0 Å². The molecule has 114 valence electrons. The fourth-order valence-corrected chi connectivity index (χ4v) is 3.75. The number of hydrogen-bond donors (Lipinski definition) is 0. The van der Waals surface area contributed by atoms with Crippen LogP contribution in [-0.4, -0.2) is 55.4 Å². The Labute approximate surface area is 127 Å². The molecule has 1 fully saturated rings. The van der Waals surface area contributed by atoms with Crippen molar-refractivity contribution in [3.63, 3.8) is 0 Å². The lowest BCUT2D eigenvalue weighted by Crippen LogP contribution is -2.40. The van der Waals surface area contributed by atoms with E-state index in [2.05, 4.69) is 36.0 Å². The van der Waals surface area contributed by atoms with E-state index >= 15 is 0 Å². The summed E-state index contributed by atoms with van der Waals surface area (Å²) in [4.78, 5) is 17.2. The fourth-order valence-electron chi connectivity index (χ4n) is 3.75. The van der Waals surface area contributed by atoms with Gasteiger partial charge in [0, 0.05) is 18.2 Å². The summed E-state index contributed by atoms with van der Waals surface area (Å²) in [6, 6.07) is 6.88. The van der Waals surface area contributed by atoms with Gasteiger partial charge in [0.15, 0.2) is 5.78 Å². The third-order valence-electron chi connectivity index (χ3n) is 4.84. The number of hydrogen-bond acceptors (Lipinski definition) is 3. The summed E-state index contributed by atoms with van der Waals surface area (Å²) < 4.78 is 0. The van der Waals surface area contributed by atoms with Crippen LogP contribution in [0.15, 0.2) is 18.2 Å². The normalized spacial score (nSPS) is 22.0. The van der Waals surface area contributed by atoms with Gasteiger partial charge in [0.2, 0.25) is 0 Å². The molecular formula is C18H26N2O. The first-order valence-corrected chi connectivity index (χ1v) is 8.17. The molecule has 3 heteroatoms. The third kappa shape index (κ3) is 3.35. The Balaban J connectivity index is 1.65. The van der Waals surface area contributed by atoms with Gasteiger partial charge >= 0.3 is 0 Å². The molecule has 0 N–H and O–H groups in total. The quantitative estimate of drug-likeness (QED) is 0.777. The molecule has 1 saturated heterocycles. The van der Waals surface area contributed by atoms with Crippen molar-refractivity contribution < 1.29 is 4.79 Å². The first-order chi connectivity index (χ1) is 10.1. The Morgan fingerprint density at radius 3 is 2.86 bits per heavy atom. The van der Waals surface area contributed by atoms with Gasteiger partial charge in [-0.05, 0) is 69.9 Å². The number of likely N-dealkylation sites (tertiary alicyclic amines) is 1. The largest absolute Gasteiger partial charge is 0.308 e. The molecule has 0 spiro atoms. The van der Waals surface area contributed by atoms with Gasteiger partial charge in [-0.1, -0.05) is 12.1 Å². The Morgan fingerprint density at radius 2 is 2.05 bits per heavy atom. The van der Waals surface area contributed by atoms with Crippen LogP contribution in [-0.2, 0) is 12.8 Å². The summed E-state index contributed by atoms with van der Waals surface area (Å²) in [5.74, 6) is 0.287. The van der Waals surface area contributed by atoms with E-state index in [-0.39, 0.29) is 5.78 Å². The van der Waals surface area contributed by atoms with Gasteiger partial charge in [0.05, 0.1) is 6.54 Å². The predicted molar refractivity (Wildman–Crippen MR) is 85.9 cm³/mol. The molecule has 1 aliphatic carbocycles. The van der Waals surface area contributed by atoms with Crippen LogP contribution in [0.4, 0.5) is 0 Å². The summed E-state index contributed by atoms with van der Waals surface area (Å²) in [5, 5.41) is 0. The molecule has 1 aliphatic heterocycles. The summed E-state index contributed by atoms with van der Waals surface area (Å²) in [5.41, 5.74) is 3.75. The topological polar surface area (TPSA) is 23.6 Å². The zero-order valence-corrected chi connectivity index (χ0v) is 13.3. The van der Waals surface area contributed by atoms with E-state index in [1.165, 1.54) is 36.8 Å². The lowest BCUT2D eigenvalue weighted by Gasteiger charge is -2.26. The third-order valence-corrected chi connectivity index (χ3v) is 4.84. The van der Waals surface area contributed by atoms with E-state index in [1.54, 1.807) is 0 Å². The molecule has 21 heavy (non-hydrogen) atoms. The highest BCUT2D eigenvalue weighted by Crippen LogP contribution is 2.24. The lowest BCUT2D eigenvalue weighted by molar-refractivity contribution is 0.0910. The molecule has 0 radical (unpaired) electrons. The van der Waals surface area contributed by atoms with E-state index in [0.717, 1.165) is 25.1 Å². The van der Waals surface area contributed by atoms with Crippen molar-refractivity contribution in [2.75, 3.05) is 33.7 Å². The van der Waals surface area contributed by atoms with Crippen molar-refractivity contribution in [3.05, 3.63) is 34.9 Å². The lowest BCUT2D eigenvalue weighted by atomic mass is 10.0. The molecule has 3 nitrogen and oxygen atoms in total. The highest BCUT2D eigenvalue weighted by atomic mass is 16.1. The van der Waals surface area contributed by atoms with Crippen LogP contribution < -0.4 is 0 Å². The molecule has 1 atom stereocenters. The molecule has 0 aromatic heterocycles. The minimum Gasteiger partial charge on any atom is -0.308 e. The number of benzene rings is 1. The number of nitrogens with zero attached hydrogens (tertiary/aromatic N) is 2. The number of carbonyl (C=O) groups excluding carboxylic acids is 1. The summed E-state index contributed by atoms with van der Waals surface area (Å²) in [6.45, 7) is 2.70. The molecule has 0 amide bonds. The average Bonchev–Trinajstić information content (AvgIpc) is 3.06. The molecule has 1 unspecified atom stereocenters. The number of carbonyl (C=O) groups is 1. The van der Waals surface area contributed by atoms with Gasteiger partial charge in [0.25, 0.3) is 0 Å². The average molecular weight is 286 g/mol. The first-order valence-electron chi connectivity index (χ1n) is 8.17. The summed E-state index contributed by atoms with van der Waals surface area (Å²) in [6.07, 6.45) is 6.00. The molecule has 2 aliphatic rings. The van der Waals surface area contributed by atoms with Crippen molar-refractivity contribution in [2.45, 2.75) is 38.1 Å². The van der Waals surface area contributed by atoms with Gasteiger partial charge in [-0.3, -0.25) is 9.69 Å². The van der Waals surface area contributed by atoms with Gasteiger partial charge in [-0.25, -0.2) is 0 Å². The van der Waals surface area contributed by atoms with Crippen LogP contribution >= 0.6 is 0 Å². The number of rotatable bonds is 5. The van der Waals surface area contributed by atoms with Crippen LogP contribution in [0.1, 0.15) is 40.7 Å². The Hall–Kier alpha value is -1.19. The second-order valence-corrected chi connectivity index (χ2v) is 6.79. The smallest absolute Gasteiger partial charge is 0.176 e. The van der Waals surface area contributed by atoms with Crippen LogP contribution in [0.5, 0.6) is 0 Å². The Kier molecular flexibility index (Phi) is 4.41. The standard InChI is InChI=1S/C18H26N2O/c1-19(2)12-17-7-4-10-20(17)13-18(21)16-9-8-14-5-3-6-15(14)11-16/h8-9,11,17H,3-7,10,12-13H2,1-2H3. The zero-order chi connectivity index (χ0) is 14.8. The van der Waals surface area contributed by atoms with E-state index < -0.39 is 0 Å². The molecule has 3 rings (SSSR count). The van der Waals surface area contributed by atoms with E-state index in [0.29, 0.717) is 12.6 Å². The maximum Gasteiger partial charge on any atom is 0.176 e. The molecule has 0 saturated carbocycles. The first kappa shape index (κ1) is 14.7. The maximum atomic E-state index is 12.6. The molecular weight excluding hydrogens is 260 g/mol. The minimum absolute atomic E-state index is 0.287. The molecule has 1 heterocycles. The number of fused-ring (bicyclic) bond motifs is 1. The number of Topliss-reactive ketones (excluding diaryl/α,β-unsaturated/α-hetero) is 1. The maximum absolute atomic E-state index is 12.6. The van der Waals surface area contributed by atoms with Crippen molar-refractivity contribution in [3.8, 4) is 0 Å². The zero-order valence-electron chi connectivity index (χ0n) is 13.3. The minimum atomic E-state index is 0.287.